The fraction of sp³-hybridized carbons (Fsp3) is 0.350. The average Bonchev–Trinajstić information content (AvgIpc) is 3.21. The summed E-state index contributed by atoms with van der Waals surface area (Å²) in [6, 6.07) is 11.5. The number of hydrogen-bond acceptors (Lipinski definition) is 4. The predicted octanol–water partition coefficient (Wildman–Crippen LogP) is 2.61. The second-order valence-electron chi connectivity index (χ2n) is 6.56. The van der Waals surface area contributed by atoms with Crippen LogP contribution in [0.4, 0.5) is 5.69 Å². The molecule has 1 aromatic carbocycles. The number of carbonyl (C=O) groups is 1. The molecule has 5 nitrogen and oxygen atoms in total. The van der Waals surface area contributed by atoms with Crippen molar-refractivity contribution in [2.75, 3.05) is 11.4 Å². The van der Waals surface area contributed by atoms with E-state index in [0.29, 0.717) is 5.57 Å². The second kappa shape index (κ2) is 5.40. The van der Waals surface area contributed by atoms with E-state index in [2.05, 4.69) is 12.0 Å². The summed E-state index contributed by atoms with van der Waals surface area (Å²) in [4.78, 5) is 15.0. The molecular weight excluding hydrogens is 314 g/mol. The van der Waals surface area contributed by atoms with Crippen molar-refractivity contribution in [3.63, 3.8) is 0 Å². The number of nitrogens with zero attached hydrogens (tertiary/aromatic N) is 3. The van der Waals surface area contributed by atoms with Crippen molar-refractivity contribution in [2.24, 2.45) is 11.8 Å². The topological polar surface area (TPSA) is 77.1 Å². The number of amides is 1. The van der Waals surface area contributed by atoms with Crippen LogP contribution >= 0.6 is 0 Å². The van der Waals surface area contributed by atoms with Crippen LogP contribution in [0.25, 0.3) is 0 Å². The number of ether oxygens (including phenoxy) is 1. The molecule has 3 unspecified atom stereocenters. The van der Waals surface area contributed by atoms with Crippen molar-refractivity contribution in [1.29, 1.82) is 10.5 Å². The molecule has 1 aromatic rings. The highest BCUT2D eigenvalue weighted by molar-refractivity contribution is 6.08. The number of rotatable bonds is 1. The molecule has 122 valence electrons. The van der Waals surface area contributed by atoms with Crippen molar-refractivity contribution < 1.29 is 9.53 Å². The zero-order valence-corrected chi connectivity index (χ0v) is 13.5. The zero-order chi connectivity index (χ0) is 17.6. The van der Waals surface area contributed by atoms with Gasteiger partial charge in [0, 0.05) is 17.4 Å². The number of benzene rings is 1. The van der Waals surface area contributed by atoms with Gasteiger partial charge in [-0.3, -0.25) is 9.69 Å². The maximum Gasteiger partial charge on any atom is 0.277 e. The normalized spacial score (nSPS) is 29.5. The molecule has 0 saturated heterocycles. The van der Waals surface area contributed by atoms with Crippen LogP contribution in [-0.4, -0.2) is 12.5 Å². The molecule has 2 heterocycles. The summed E-state index contributed by atoms with van der Waals surface area (Å²) in [5, 5.41) is 19.0. The first kappa shape index (κ1) is 15.3. The third-order valence-electron chi connectivity index (χ3n) is 5.55. The molecule has 1 fully saturated rings. The molecule has 0 radical (unpaired) electrons. The van der Waals surface area contributed by atoms with Gasteiger partial charge in [-0.15, -0.1) is 6.42 Å². The Labute approximate surface area is 146 Å². The van der Waals surface area contributed by atoms with Gasteiger partial charge < -0.3 is 4.74 Å². The molecule has 0 N–H and O–H groups in total. The van der Waals surface area contributed by atoms with Crippen LogP contribution in [0.5, 0.6) is 0 Å². The molecule has 25 heavy (non-hydrogen) atoms. The smallest absolute Gasteiger partial charge is 0.277 e. The second-order valence-corrected chi connectivity index (χ2v) is 6.56. The van der Waals surface area contributed by atoms with Gasteiger partial charge in [-0.05, 0) is 18.9 Å². The van der Waals surface area contributed by atoms with Gasteiger partial charge in [-0.1, -0.05) is 30.5 Å². The average molecular weight is 329 g/mol. The van der Waals surface area contributed by atoms with Crippen molar-refractivity contribution >= 4 is 11.6 Å². The first-order valence-corrected chi connectivity index (χ1v) is 8.27. The van der Waals surface area contributed by atoms with Gasteiger partial charge in [-0.2, -0.15) is 10.5 Å². The minimum Gasteiger partial charge on any atom is -0.461 e. The lowest BCUT2D eigenvalue weighted by molar-refractivity contribution is -0.149. The van der Waals surface area contributed by atoms with Crippen LogP contribution in [0.15, 0.2) is 35.6 Å². The lowest BCUT2D eigenvalue weighted by Gasteiger charge is -2.41. The van der Waals surface area contributed by atoms with Gasteiger partial charge in [0.25, 0.3) is 5.91 Å². The molecule has 1 spiro atoms. The van der Waals surface area contributed by atoms with Gasteiger partial charge in [0.2, 0.25) is 11.4 Å². The zero-order valence-electron chi connectivity index (χ0n) is 13.5. The summed E-state index contributed by atoms with van der Waals surface area (Å²) >= 11 is 0. The van der Waals surface area contributed by atoms with E-state index >= 15 is 0 Å². The number of para-hydroxylation sites is 1. The Morgan fingerprint density at radius 3 is 2.80 bits per heavy atom. The third-order valence-corrected chi connectivity index (χ3v) is 5.55. The largest absolute Gasteiger partial charge is 0.461 e. The Hall–Kier alpha value is -3.23. The highest BCUT2D eigenvalue weighted by Gasteiger charge is 2.63. The van der Waals surface area contributed by atoms with Crippen molar-refractivity contribution in [3.8, 4) is 24.5 Å². The van der Waals surface area contributed by atoms with E-state index in [4.69, 9.17) is 11.2 Å². The highest BCUT2D eigenvalue weighted by atomic mass is 16.5. The molecule has 1 aliphatic carbocycles. The summed E-state index contributed by atoms with van der Waals surface area (Å²) in [7, 11) is 0. The van der Waals surface area contributed by atoms with E-state index in [-0.39, 0.29) is 30.0 Å². The number of anilines is 1. The molecule has 3 aliphatic rings. The number of terminal acetylenes is 1. The van der Waals surface area contributed by atoms with E-state index in [1.807, 2.05) is 30.3 Å². The maximum atomic E-state index is 13.4. The monoisotopic (exact) mass is 329 g/mol. The van der Waals surface area contributed by atoms with Gasteiger partial charge in [0.15, 0.2) is 0 Å². The van der Waals surface area contributed by atoms with Crippen LogP contribution in [0.1, 0.15) is 24.8 Å². The quantitative estimate of drug-likeness (QED) is 0.742. The number of allylic oxidation sites excluding steroid dienone is 2. The van der Waals surface area contributed by atoms with Crippen LogP contribution in [0.2, 0.25) is 0 Å². The third kappa shape index (κ3) is 1.80. The van der Waals surface area contributed by atoms with Gasteiger partial charge in [-0.25, -0.2) is 0 Å². The molecule has 5 heteroatoms. The summed E-state index contributed by atoms with van der Waals surface area (Å²) in [5.74, 6) is 1.98. The number of fused-ring (bicyclic) bond motifs is 4. The van der Waals surface area contributed by atoms with Crippen molar-refractivity contribution in [3.05, 3.63) is 41.2 Å². The first-order chi connectivity index (χ1) is 12.2. The van der Waals surface area contributed by atoms with Crippen LogP contribution in [0, 0.1) is 46.8 Å². The molecule has 0 bridgehead atoms. The van der Waals surface area contributed by atoms with Gasteiger partial charge in [0.05, 0.1) is 23.9 Å². The molecule has 2 aliphatic heterocycles. The van der Waals surface area contributed by atoms with E-state index in [0.717, 1.165) is 30.5 Å². The molecule has 4 rings (SSSR count). The molecule has 3 atom stereocenters. The van der Waals surface area contributed by atoms with E-state index < -0.39 is 5.60 Å². The fourth-order valence-electron chi connectivity index (χ4n) is 4.62. The standard InChI is InChI=1S/C20H15N3O2/c1-2-10-23-17-9-4-3-7-16(17)20(19(23)24)15-8-5-6-13(15)14(11-21)18(12-22)25-20/h1,3-4,7,9,13,15H,5-6,8,10H2. The van der Waals surface area contributed by atoms with Crippen molar-refractivity contribution in [2.45, 2.75) is 24.9 Å². The predicted molar refractivity (Wildman–Crippen MR) is 89.5 cm³/mol. The van der Waals surface area contributed by atoms with Crippen molar-refractivity contribution in [1.82, 2.24) is 0 Å². The summed E-state index contributed by atoms with van der Waals surface area (Å²) < 4.78 is 6.05. The summed E-state index contributed by atoms with van der Waals surface area (Å²) in [5.41, 5.74) is 0.599. The minimum absolute atomic E-state index is 0.0311. The molecular formula is C20H15N3O2. The maximum absolute atomic E-state index is 13.4. The number of nitriles is 2. The summed E-state index contributed by atoms with van der Waals surface area (Å²) in [6.45, 7) is 0.148. The Balaban J connectivity index is 1.97. The summed E-state index contributed by atoms with van der Waals surface area (Å²) in [6.07, 6.45) is 7.92. The molecule has 0 aromatic heterocycles. The highest BCUT2D eigenvalue weighted by Crippen LogP contribution is 2.58. The van der Waals surface area contributed by atoms with Crippen LogP contribution < -0.4 is 4.90 Å². The molecule has 1 saturated carbocycles. The fourth-order valence-corrected chi connectivity index (χ4v) is 4.62. The number of hydrogen-bond donors (Lipinski definition) is 0. The van der Waals surface area contributed by atoms with E-state index in [1.165, 1.54) is 0 Å². The van der Waals surface area contributed by atoms with Gasteiger partial charge >= 0.3 is 0 Å². The Morgan fingerprint density at radius 1 is 1.28 bits per heavy atom. The number of carbonyl (C=O) groups excluding carboxylic acids is 1. The minimum atomic E-state index is -1.25. The van der Waals surface area contributed by atoms with E-state index in [9.17, 15) is 15.3 Å². The Bertz CT molecular complexity index is 927. The van der Waals surface area contributed by atoms with Gasteiger partial charge in [0.1, 0.15) is 6.07 Å². The van der Waals surface area contributed by atoms with Crippen LogP contribution in [-0.2, 0) is 15.1 Å². The lowest BCUT2D eigenvalue weighted by Crippen LogP contribution is -2.51. The Morgan fingerprint density at radius 2 is 2.08 bits per heavy atom. The molecule has 1 amide bonds. The SMILES string of the molecule is C#CCN1C(=O)C2(OC(C#N)=C(C#N)C3CCCC32)c2ccccc21. The van der Waals surface area contributed by atoms with Crippen LogP contribution in [0.3, 0.4) is 0 Å². The first-order valence-electron chi connectivity index (χ1n) is 8.27. The van der Waals surface area contributed by atoms with E-state index in [1.54, 1.807) is 4.90 Å². The Kier molecular flexibility index (Phi) is 3.31. The lowest BCUT2D eigenvalue weighted by atomic mass is 9.71.